The Morgan fingerprint density at radius 1 is 1.53 bits per heavy atom. The van der Waals surface area contributed by atoms with Gasteiger partial charge in [-0.3, -0.25) is 0 Å². The lowest BCUT2D eigenvalue weighted by Gasteiger charge is -2.20. The van der Waals surface area contributed by atoms with Gasteiger partial charge in [-0.1, -0.05) is 24.4 Å². The van der Waals surface area contributed by atoms with Gasteiger partial charge in [0.05, 0.1) is 6.61 Å². The van der Waals surface area contributed by atoms with Crippen molar-refractivity contribution < 1.29 is 4.74 Å². The van der Waals surface area contributed by atoms with Gasteiger partial charge in [-0.05, 0) is 44.9 Å². The van der Waals surface area contributed by atoms with Crippen LogP contribution in [0.4, 0.5) is 0 Å². The maximum Gasteiger partial charge on any atom is 0.119 e. The molecule has 1 aromatic rings. The number of nitrogens with two attached hydrogens (primary N) is 1. The Labute approximate surface area is 120 Å². The van der Waals surface area contributed by atoms with Gasteiger partial charge in [0.15, 0.2) is 0 Å². The summed E-state index contributed by atoms with van der Waals surface area (Å²) in [5, 5.41) is 0. The van der Waals surface area contributed by atoms with Crippen molar-refractivity contribution in [1.82, 2.24) is 4.90 Å². The van der Waals surface area contributed by atoms with Crippen molar-refractivity contribution in [2.45, 2.75) is 32.2 Å². The first kappa shape index (κ1) is 14.3. The van der Waals surface area contributed by atoms with E-state index in [1.807, 2.05) is 24.3 Å². The molecule has 1 atom stereocenters. The van der Waals surface area contributed by atoms with Crippen molar-refractivity contribution >= 4 is 17.2 Å². The molecule has 0 amide bonds. The van der Waals surface area contributed by atoms with Crippen molar-refractivity contribution in [2.24, 2.45) is 5.73 Å². The van der Waals surface area contributed by atoms with E-state index in [0.717, 1.165) is 36.9 Å². The van der Waals surface area contributed by atoms with Crippen LogP contribution < -0.4 is 10.5 Å². The number of likely N-dealkylation sites (tertiary alicyclic amines) is 1. The molecule has 104 valence electrons. The number of ether oxygens (including phenoxy) is 1. The van der Waals surface area contributed by atoms with Gasteiger partial charge >= 0.3 is 0 Å². The molecule has 3 nitrogen and oxygen atoms in total. The van der Waals surface area contributed by atoms with E-state index in [1.165, 1.54) is 19.4 Å². The standard InChI is InChI=1S/C15H22N2OS/c1-12-5-3-8-17(12)9-4-10-18-14-7-2-6-13(11-14)15(16)19/h2,6-7,11-12H,3-5,8-10H2,1H3,(H2,16,19). The van der Waals surface area contributed by atoms with Crippen molar-refractivity contribution in [3.63, 3.8) is 0 Å². The predicted molar refractivity (Wildman–Crippen MR) is 82.7 cm³/mol. The summed E-state index contributed by atoms with van der Waals surface area (Å²) >= 11 is 4.96. The predicted octanol–water partition coefficient (Wildman–Crippen LogP) is 2.57. The van der Waals surface area contributed by atoms with Crippen LogP contribution in [0.25, 0.3) is 0 Å². The molecule has 1 aliphatic heterocycles. The fourth-order valence-electron chi connectivity index (χ4n) is 2.52. The maximum absolute atomic E-state index is 5.75. The molecule has 19 heavy (non-hydrogen) atoms. The highest BCUT2D eigenvalue weighted by Gasteiger charge is 2.18. The molecule has 0 aliphatic carbocycles. The summed E-state index contributed by atoms with van der Waals surface area (Å²) in [6, 6.07) is 8.41. The maximum atomic E-state index is 5.75. The van der Waals surface area contributed by atoms with E-state index in [0.29, 0.717) is 4.99 Å². The van der Waals surface area contributed by atoms with E-state index in [9.17, 15) is 0 Å². The molecule has 2 rings (SSSR count). The van der Waals surface area contributed by atoms with E-state index < -0.39 is 0 Å². The summed E-state index contributed by atoms with van der Waals surface area (Å²) in [4.78, 5) is 2.95. The van der Waals surface area contributed by atoms with Crippen LogP contribution in [0.3, 0.4) is 0 Å². The van der Waals surface area contributed by atoms with Crippen molar-refractivity contribution in [1.29, 1.82) is 0 Å². The molecule has 0 radical (unpaired) electrons. The second-order valence-corrected chi connectivity index (χ2v) is 5.56. The molecule has 1 aliphatic rings. The van der Waals surface area contributed by atoms with Crippen LogP contribution in [0.5, 0.6) is 5.75 Å². The minimum atomic E-state index is 0.413. The molecule has 0 saturated carbocycles. The fraction of sp³-hybridized carbons (Fsp3) is 0.533. The average Bonchev–Trinajstić information content (AvgIpc) is 2.81. The summed E-state index contributed by atoms with van der Waals surface area (Å²) in [5.41, 5.74) is 6.47. The summed E-state index contributed by atoms with van der Waals surface area (Å²) < 4.78 is 5.75. The number of rotatable bonds is 6. The van der Waals surface area contributed by atoms with Gasteiger partial charge in [0.1, 0.15) is 10.7 Å². The molecule has 4 heteroatoms. The number of hydrogen-bond acceptors (Lipinski definition) is 3. The fourth-order valence-corrected chi connectivity index (χ4v) is 2.65. The minimum absolute atomic E-state index is 0.413. The van der Waals surface area contributed by atoms with Gasteiger partial charge < -0.3 is 15.4 Å². The van der Waals surface area contributed by atoms with Gasteiger partial charge in [-0.25, -0.2) is 0 Å². The lowest BCUT2D eigenvalue weighted by molar-refractivity contribution is 0.230. The van der Waals surface area contributed by atoms with Gasteiger partial charge in [0.2, 0.25) is 0 Å². The molecule has 0 aromatic heterocycles. The molecule has 1 saturated heterocycles. The zero-order valence-corrected chi connectivity index (χ0v) is 12.3. The molecule has 1 aromatic carbocycles. The van der Waals surface area contributed by atoms with E-state index in [1.54, 1.807) is 0 Å². The Bertz CT molecular complexity index is 436. The van der Waals surface area contributed by atoms with Crippen molar-refractivity contribution in [3.8, 4) is 5.75 Å². The summed E-state index contributed by atoms with van der Waals surface area (Å²) in [7, 11) is 0. The monoisotopic (exact) mass is 278 g/mol. The summed E-state index contributed by atoms with van der Waals surface area (Å²) in [6.45, 7) is 5.40. The van der Waals surface area contributed by atoms with Crippen LogP contribution in [0, 0.1) is 0 Å². The number of nitrogens with zero attached hydrogens (tertiary/aromatic N) is 1. The lowest BCUT2D eigenvalue weighted by Crippen LogP contribution is -2.28. The largest absolute Gasteiger partial charge is 0.494 e. The smallest absolute Gasteiger partial charge is 0.119 e. The Morgan fingerprint density at radius 3 is 3.05 bits per heavy atom. The van der Waals surface area contributed by atoms with Crippen molar-refractivity contribution in [2.75, 3.05) is 19.7 Å². The van der Waals surface area contributed by atoms with Crippen LogP contribution in [0.15, 0.2) is 24.3 Å². The van der Waals surface area contributed by atoms with Crippen molar-refractivity contribution in [3.05, 3.63) is 29.8 Å². The number of hydrogen-bond donors (Lipinski definition) is 1. The van der Waals surface area contributed by atoms with E-state index in [2.05, 4.69) is 11.8 Å². The SMILES string of the molecule is CC1CCCN1CCCOc1cccc(C(N)=S)c1. The molecule has 1 fully saturated rings. The van der Waals surface area contributed by atoms with Crippen LogP contribution in [0.2, 0.25) is 0 Å². The highest BCUT2D eigenvalue weighted by molar-refractivity contribution is 7.80. The highest BCUT2D eigenvalue weighted by Crippen LogP contribution is 2.17. The molecular formula is C15H22N2OS. The second-order valence-electron chi connectivity index (χ2n) is 5.12. The van der Waals surface area contributed by atoms with Crippen LogP contribution >= 0.6 is 12.2 Å². The topological polar surface area (TPSA) is 38.5 Å². The highest BCUT2D eigenvalue weighted by atomic mass is 32.1. The van der Waals surface area contributed by atoms with E-state index in [-0.39, 0.29) is 0 Å². The van der Waals surface area contributed by atoms with Crippen LogP contribution in [-0.2, 0) is 0 Å². The molecular weight excluding hydrogens is 256 g/mol. The van der Waals surface area contributed by atoms with Gasteiger partial charge in [-0.15, -0.1) is 0 Å². The van der Waals surface area contributed by atoms with Gasteiger partial charge in [0.25, 0.3) is 0 Å². The number of benzene rings is 1. The quantitative estimate of drug-likeness (QED) is 0.641. The first-order chi connectivity index (χ1) is 9.16. The van der Waals surface area contributed by atoms with E-state index >= 15 is 0 Å². The molecule has 2 N–H and O–H groups in total. The Balaban J connectivity index is 1.73. The zero-order valence-electron chi connectivity index (χ0n) is 11.5. The van der Waals surface area contributed by atoms with Gasteiger partial charge in [-0.2, -0.15) is 0 Å². The Morgan fingerprint density at radius 2 is 2.37 bits per heavy atom. The summed E-state index contributed by atoms with van der Waals surface area (Å²) in [6.07, 6.45) is 3.72. The second kappa shape index (κ2) is 6.87. The van der Waals surface area contributed by atoms with Crippen LogP contribution in [0.1, 0.15) is 31.7 Å². The molecule has 1 unspecified atom stereocenters. The average molecular weight is 278 g/mol. The summed E-state index contributed by atoms with van der Waals surface area (Å²) in [5.74, 6) is 0.847. The first-order valence-corrected chi connectivity index (χ1v) is 7.34. The normalized spacial score (nSPS) is 19.5. The Kier molecular flexibility index (Phi) is 5.16. The first-order valence-electron chi connectivity index (χ1n) is 6.93. The third-order valence-corrected chi connectivity index (χ3v) is 3.90. The number of thiocarbonyl (C=S) groups is 1. The Hall–Kier alpha value is -1.13. The molecule has 1 heterocycles. The minimum Gasteiger partial charge on any atom is -0.494 e. The third-order valence-electron chi connectivity index (χ3n) is 3.67. The van der Waals surface area contributed by atoms with Gasteiger partial charge in [0, 0.05) is 18.2 Å². The van der Waals surface area contributed by atoms with Crippen LogP contribution in [-0.4, -0.2) is 35.6 Å². The molecule has 0 spiro atoms. The molecule has 0 bridgehead atoms. The lowest BCUT2D eigenvalue weighted by atomic mass is 10.2. The van der Waals surface area contributed by atoms with E-state index in [4.69, 9.17) is 22.7 Å². The zero-order chi connectivity index (χ0) is 13.7. The third kappa shape index (κ3) is 4.18.